The topological polar surface area (TPSA) is 104 Å². The van der Waals surface area contributed by atoms with Gasteiger partial charge in [-0.25, -0.2) is 8.42 Å². The van der Waals surface area contributed by atoms with Gasteiger partial charge in [0.1, 0.15) is 0 Å². The van der Waals surface area contributed by atoms with Crippen molar-refractivity contribution in [3.8, 4) is 0 Å². The van der Waals surface area contributed by atoms with Crippen molar-refractivity contribution < 1.29 is 23.4 Å². The maximum atomic E-state index is 11.3. The van der Waals surface area contributed by atoms with Crippen LogP contribution in [0.1, 0.15) is 19.8 Å². The standard InChI is InChI=1S/C9H17NO5S/c1-9(2-3-16(14,15)6-9)10-5-7(11)4-8(12)13/h7,10-11H,2-6H2,1H3,(H,12,13). The molecule has 0 spiro atoms. The number of carboxylic acid groups (broad SMARTS) is 1. The van der Waals surface area contributed by atoms with E-state index < -0.39 is 27.4 Å². The van der Waals surface area contributed by atoms with Gasteiger partial charge < -0.3 is 15.5 Å². The highest BCUT2D eigenvalue weighted by Crippen LogP contribution is 2.22. The van der Waals surface area contributed by atoms with E-state index in [9.17, 15) is 18.3 Å². The summed E-state index contributed by atoms with van der Waals surface area (Å²) in [6.45, 7) is 1.86. The van der Waals surface area contributed by atoms with Gasteiger partial charge in [0.15, 0.2) is 9.84 Å². The monoisotopic (exact) mass is 251 g/mol. The predicted molar refractivity (Wildman–Crippen MR) is 57.9 cm³/mol. The predicted octanol–water partition coefficient (Wildman–Crippen LogP) is -1.01. The minimum absolute atomic E-state index is 0.0415. The van der Waals surface area contributed by atoms with E-state index in [1.807, 2.05) is 0 Å². The first-order valence-corrected chi connectivity index (χ1v) is 6.90. The van der Waals surface area contributed by atoms with E-state index in [-0.39, 0.29) is 24.5 Å². The molecular formula is C9H17NO5S. The Bertz CT molecular complexity index is 366. The second kappa shape index (κ2) is 4.68. The molecular weight excluding hydrogens is 234 g/mol. The minimum atomic E-state index is -2.99. The first-order valence-electron chi connectivity index (χ1n) is 5.08. The summed E-state index contributed by atoms with van der Waals surface area (Å²) >= 11 is 0. The highest BCUT2D eigenvalue weighted by atomic mass is 32.2. The van der Waals surface area contributed by atoms with E-state index in [1.165, 1.54) is 0 Å². The SMILES string of the molecule is CC1(NCC(O)CC(=O)O)CCS(=O)(=O)C1. The molecule has 0 radical (unpaired) electrons. The summed E-state index contributed by atoms with van der Waals surface area (Å²) in [5, 5.41) is 20.7. The third-order valence-corrected chi connectivity index (χ3v) is 4.58. The van der Waals surface area contributed by atoms with Crippen LogP contribution in [0.25, 0.3) is 0 Å². The Hall–Kier alpha value is -0.660. The zero-order valence-corrected chi connectivity index (χ0v) is 9.96. The van der Waals surface area contributed by atoms with E-state index in [2.05, 4.69) is 5.32 Å². The normalized spacial score (nSPS) is 30.1. The van der Waals surface area contributed by atoms with Crippen molar-refractivity contribution in [3.63, 3.8) is 0 Å². The number of carboxylic acids is 1. The number of hydrogen-bond donors (Lipinski definition) is 3. The molecule has 0 aliphatic carbocycles. The lowest BCUT2D eigenvalue weighted by atomic mass is 10.0. The van der Waals surface area contributed by atoms with Crippen molar-refractivity contribution in [3.05, 3.63) is 0 Å². The van der Waals surface area contributed by atoms with Crippen molar-refractivity contribution in [2.75, 3.05) is 18.1 Å². The number of nitrogens with one attached hydrogen (secondary N) is 1. The average molecular weight is 251 g/mol. The van der Waals surface area contributed by atoms with Gasteiger partial charge in [-0.15, -0.1) is 0 Å². The lowest BCUT2D eigenvalue weighted by molar-refractivity contribution is -0.139. The van der Waals surface area contributed by atoms with Crippen LogP contribution in [0.15, 0.2) is 0 Å². The molecule has 1 fully saturated rings. The molecule has 1 saturated heterocycles. The fourth-order valence-electron chi connectivity index (χ4n) is 1.79. The number of β-amino-alcohol motifs (C(OH)–C–C–N with tert-alkyl or cyclic N) is 1. The van der Waals surface area contributed by atoms with Crippen LogP contribution in [-0.4, -0.2) is 54.3 Å². The Morgan fingerprint density at radius 2 is 2.19 bits per heavy atom. The van der Waals surface area contributed by atoms with Gasteiger partial charge in [-0.3, -0.25) is 4.79 Å². The molecule has 7 heteroatoms. The number of hydrogen-bond acceptors (Lipinski definition) is 5. The fraction of sp³-hybridized carbons (Fsp3) is 0.889. The largest absolute Gasteiger partial charge is 0.481 e. The van der Waals surface area contributed by atoms with Crippen molar-refractivity contribution in [2.45, 2.75) is 31.4 Å². The summed E-state index contributed by atoms with van der Waals surface area (Å²) in [6.07, 6.45) is -0.831. The Labute approximate surface area is 94.6 Å². The Kier molecular flexibility index (Phi) is 3.92. The zero-order chi connectivity index (χ0) is 12.4. The van der Waals surface area contributed by atoms with E-state index in [1.54, 1.807) is 6.92 Å². The number of aliphatic hydroxyl groups excluding tert-OH is 1. The molecule has 0 amide bonds. The molecule has 0 aromatic heterocycles. The lowest BCUT2D eigenvalue weighted by Gasteiger charge is -2.25. The van der Waals surface area contributed by atoms with Crippen LogP contribution in [0.3, 0.4) is 0 Å². The van der Waals surface area contributed by atoms with Gasteiger partial charge in [0.25, 0.3) is 0 Å². The number of aliphatic carboxylic acids is 1. The molecule has 0 aromatic carbocycles. The maximum absolute atomic E-state index is 11.3. The van der Waals surface area contributed by atoms with Crippen molar-refractivity contribution in [1.29, 1.82) is 0 Å². The van der Waals surface area contributed by atoms with E-state index in [4.69, 9.17) is 5.11 Å². The lowest BCUT2D eigenvalue weighted by Crippen LogP contribution is -2.47. The molecule has 0 bridgehead atoms. The van der Waals surface area contributed by atoms with Crippen LogP contribution in [0, 0.1) is 0 Å². The molecule has 1 heterocycles. The van der Waals surface area contributed by atoms with Gasteiger partial charge in [-0.05, 0) is 13.3 Å². The number of sulfone groups is 1. The summed E-state index contributed by atoms with van der Waals surface area (Å²) in [6, 6.07) is 0. The summed E-state index contributed by atoms with van der Waals surface area (Å²) in [5.41, 5.74) is -0.543. The van der Waals surface area contributed by atoms with Crippen molar-refractivity contribution in [1.82, 2.24) is 5.32 Å². The van der Waals surface area contributed by atoms with Crippen LogP contribution < -0.4 is 5.32 Å². The number of carbonyl (C=O) groups is 1. The Morgan fingerprint density at radius 3 is 2.62 bits per heavy atom. The van der Waals surface area contributed by atoms with Crippen molar-refractivity contribution >= 4 is 15.8 Å². The molecule has 3 N–H and O–H groups in total. The van der Waals surface area contributed by atoms with E-state index >= 15 is 0 Å². The van der Waals surface area contributed by atoms with Gasteiger partial charge >= 0.3 is 5.97 Å². The Balaban J connectivity index is 2.41. The summed E-state index contributed by atoms with van der Waals surface area (Å²) < 4.78 is 22.5. The molecule has 16 heavy (non-hydrogen) atoms. The zero-order valence-electron chi connectivity index (χ0n) is 9.14. The van der Waals surface area contributed by atoms with E-state index in [0.29, 0.717) is 6.42 Å². The first-order chi connectivity index (χ1) is 7.22. The van der Waals surface area contributed by atoms with Gasteiger partial charge in [0, 0.05) is 12.1 Å². The summed E-state index contributed by atoms with van der Waals surface area (Å²) in [7, 11) is -2.99. The van der Waals surface area contributed by atoms with Gasteiger partial charge in [-0.1, -0.05) is 0 Å². The quantitative estimate of drug-likeness (QED) is 0.578. The fourth-order valence-corrected chi connectivity index (χ4v) is 3.91. The summed E-state index contributed by atoms with van der Waals surface area (Å²) in [4.78, 5) is 10.3. The molecule has 1 aliphatic heterocycles. The van der Waals surface area contributed by atoms with E-state index in [0.717, 1.165) is 0 Å². The van der Waals surface area contributed by atoms with Crippen LogP contribution in [-0.2, 0) is 14.6 Å². The molecule has 6 nitrogen and oxygen atoms in total. The number of aliphatic hydroxyl groups is 1. The third kappa shape index (κ3) is 4.07. The molecule has 0 saturated carbocycles. The molecule has 0 aromatic rings. The third-order valence-electron chi connectivity index (χ3n) is 2.68. The smallest absolute Gasteiger partial charge is 0.306 e. The van der Waals surface area contributed by atoms with Crippen molar-refractivity contribution in [2.24, 2.45) is 0 Å². The highest BCUT2D eigenvalue weighted by molar-refractivity contribution is 7.91. The minimum Gasteiger partial charge on any atom is -0.481 e. The molecule has 1 aliphatic rings. The van der Waals surface area contributed by atoms with Crippen LogP contribution >= 0.6 is 0 Å². The number of rotatable bonds is 5. The second-order valence-corrected chi connectivity index (χ2v) is 6.72. The first kappa shape index (κ1) is 13.4. The Morgan fingerprint density at radius 1 is 1.56 bits per heavy atom. The molecule has 2 atom stereocenters. The molecule has 1 rings (SSSR count). The average Bonchev–Trinajstić information content (AvgIpc) is 2.37. The molecule has 2 unspecified atom stereocenters. The van der Waals surface area contributed by atoms with Gasteiger partial charge in [0.05, 0.1) is 24.0 Å². The molecule has 94 valence electrons. The highest BCUT2D eigenvalue weighted by Gasteiger charge is 2.38. The van der Waals surface area contributed by atoms with Crippen LogP contribution in [0.5, 0.6) is 0 Å². The second-order valence-electron chi connectivity index (χ2n) is 4.54. The maximum Gasteiger partial charge on any atom is 0.306 e. The van der Waals surface area contributed by atoms with Crippen LogP contribution in [0.4, 0.5) is 0 Å². The van der Waals surface area contributed by atoms with Crippen LogP contribution in [0.2, 0.25) is 0 Å². The summed E-state index contributed by atoms with van der Waals surface area (Å²) in [5.74, 6) is -0.885. The van der Waals surface area contributed by atoms with Gasteiger partial charge in [0.2, 0.25) is 0 Å². The van der Waals surface area contributed by atoms with Gasteiger partial charge in [-0.2, -0.15) is 0 Å².